The molecule has 0 bridgehead atoms. The number of benzene rings is 2. The van der Waals surface area contributed by atoms with Crippen LogP contribution in [-0.2, 0) is 14.8 Å². The lowest BCUT2D eigenvalue weighted by atomic mass is 9.81. The molecule has 0 aromatic heterocycles. The van der Waals surface area contributed by atoms with Gasteiger partial charge in [0.15, 0.2) is 0 Å². The van der Waals surface area contributed by atoms with Gasteiger partial charge in [-0.15, -0.1) is 11.8 Å². The maximum absolute atomic E-state index is 14.7. The fourth-order valence-electron chi connectivity index (χ4n) is 5.50. The number of alkyl halides is 3. The molecule has 0 amide bonds. The lowest BCUT2D eigenvalue weighted by Crippen LogP contribution is -2.41. The molecule has 1 N–H and O–H groups in total. The van der Waals surface area contributed by atoms with Crippen LogP contribution in [0.1, 0.15) is 52.4 Å². The van der Waals surface area contributed by atoms with E-state index in [0.29, 0.717) is 21.7 Å². The Morgan fingerprint density at radius 1 is 1.15 bits per heavy atom. The molecule has 12 heteroatoms. The third-order valence-electron chi connectivity index (χ3n) is 8.38. The highest BCUT2D eigenvalue weighted by molar-refractivity contribution is 8.00. The van der Waals surface area contributed by atoms with Gasteiger partial charge in [0.05, 0.1) is 10.6 Å². The van der Waals surface area contributed by atoms with Crippen LogP contribution >= 0.6 is 11.8 Å². The first kappa shape index (κ1) is 30.0. The van der Waals surface area contributed by atoms with Crippen LogP contribution in [0.4, 0.5) is 24.5 Å². The van der Waals surface area contributed by atoms with E-state index in [1.54, 1.807) is 6.07 Å². The number of carboxylic acid groups (broad SMARTS) is 1. The minimum atomic E-state index is -4.21. The van der Waals surface area contributed by atoms with Gasteiger partial charge in [-0.1, -0.05) is 18.2 Å². The van der Waals surface area contributed by atoms with Crippen LogP contribution in [0.15, 0.2) is 52.3 Å². The number of sulfonamides is 1. The van der Waals surface area contributed by atoms with E-state index in [9.17, 15) is 31.5 Å². The van der Waals surface area contributed by atoms with Crippen molar-refractivity contribution in [1.82, 2.24) is 4.31 Å². The summed E-state index contributed by atoms with van der Waals surface area (Å²) in [7, 11) is -2.83. The number of nitrogens with zero attached hydrogens (tertiary/aromatic N) is 2. The average Bonchev–Trinajstić information content (AvgIpc) is 3.68. The lowest BCUT2D eigenvalue weighted by Gasteiger charge is -2.36. The van der Waals surface area contributed by atoms with E-state index in [-0.39, 0.29) is 28.9 Å². The molecule has 41 heavy (non-hydrogen) atoms. The molecule has 2 saturated carbocycles. The summed E-state index contributed by atoms with van der Waals surface area (Å²) in [6, 6.07) is 11.4. The molecule has 2 aromatic carbocycles. The third-order valence-corrected chi connectivity index (χ3v) is 11.6. The molecule has 1 heterocycles. The van der Waals surface area contributed by atoms with Crippen LogP contribution in [0.3, 0.4) is 0 Å². The Morgan fingerprint density at radius 2 is 1.80 bits per heavy atom. The van der Waals surface area contributed by atoms with Crippen LogP contribution in [-0.4, -0.2) is 66.9 Å². The van der Waals surface area contributed by atoms with Gasteiger partial charge >= 0.3 is 5.97 Å². The second-order valence-electron chi connectivity index (χ2n) is 11.9. The van der Waals surface area contributed by atoms with Crippen molar-refractivity contribution in [3.8, 4) is 5.75 Å². The van der Waals surface area contributed by atoms with Gasteiger partial charge in [-0.05, 0) is 69.6 Å². The van der Waals surface area contributed by atoms with Crippen LogP contribution in [0, 0.1) is 5.41 Å². The van der Waals surface area contributed by atoms with Crippen molar-refractivity contribution in [1.29, 1.82) is 0 Å². The number of para-hydroxylation sites is 1. The first-order valence-electron chi connectivity index (χ1n) is 13.7. The number of halogens is 3. The number of aliphatic carboxylic acids is 1. The molecule has 1 aliphatic heterocycles. The number of anilines is 2. The molecule has 0 radical (unpaired) electrons. The zero-order valence-corrected chi connectivity index (χ0v) is 24.9. The van der Waals surface area contributed by atoms with Crippen LogP contribution in [0.2, 0.25) is 0 Å². The molecule has 0 saturated heterocycles. The number of thioether (sulfide) groups is 1. The molecule has 2 aromatic rings. The van der Waals surface area contributed by atoms with Crippen LogP contribution in [0.25, 0.3) is 0 Å². The Kier molecular flexibility index (Phi) is 7.82. The van der Waals surface area contributed by atoms with Gasteiger partial charge in [-0.2, -0.15) is 4.31 Å². The van der Waals surface area contributed by atoms with Gasteiger partial charge in [0.2, 0.25) is 21.6 Å². The van der Waals surface area contributed by atoms with E-state index in [4.69, 9.17) is 4.74 Å². The zero-order chi connectivity index (χ0) is 29.8. The monoisotopic (exact) mass is 612 g/mol. The minimum absolute atomic E-state index is 0.0650. The second kappa shape index (κ2) is 10.7. The molecule has 7 nitrogen and oxygen atoms in total. The van der Waals surface area contributed by atoms with Crippen LogP contribution < -0.4 is 9.64 Å². The standard InChI is InChI=1S/C29H35F3N2O5S2/c1-27(30,26(35)36)18-39-23-14-25-22(13-24(23)40-21-15-29(16-21)11-12-29)34(19-7-5-4-6-8-19)17-20(9-10-28(2,31)32)33(3)41(25,37)38/h4-8,13-14,20-21H,9-12,15-18H2,1-3H3,(H,35,36)/t20-,27-/m0/s1. The average molecular weight is 613 g/mol. The fraction of sp³-hybridized carbons (Fsp3) is 0.552. The van der Waals surface area contributed by atoms with Crippen molar-refractivity contribution < 1.29 is 36.2 Å². The molecule has 2 fully saturated rings. The Balaban J connectivity index is 1.60. The maximum atomic E-state index is 14.7. The summed E-state index contributed by atoms with van der Waals surface area (Å²) < 4.78 is 77.2. The summed E-state index contributed by atoms with van der Waals surface area (Å²) in [6.45, 7) is 1.04. The molecule has 2 aliphatic carbocycles. The highest BCUT2D eigenvalue weighted by atomic mass is 32.2. The number of likely N-dealkylation sites (N-methyl/N-ethyl adjacent to an activating group) is 1. The SMILES string of the molecule is CN1[C@@H](CCC(C)(F)F)CN(c2ccccc2)c2cc(SC3CC4(CC4)C3)c(OC[C@](C)(F)C(=O)O)cc2S1(=O)=O. The quantitative estimate of drug-likeness (QED) is 0.328. The summed E-state index contributed by atoms with van der Waals surface area (Å²) >= 11 is 1.52. The van der Waals surface area contributed by atoms with Crippen molar-refractivity contribution in [2.45, 2.75) is 85.0 Å². The number of rotatable bonds is 10. The van der Waals surface area contributed by atoms with Crippen molar-refractivity contribution in [3.05, 3.63) is 42.5 Å². The minimum Gasteiger partial charge on any atom is -0.488 e. The van der Waals surface area contributed by atoms with Crippen molar-refractivity contribution in [2.24, 2.45) is 5.41 Å². The van der Waals surface area contributed by atoms with Crippen molar-refractivity contribution >= 4 is 39.1 Å². The molecule has 3 aliphatic rings. The second-order valence-corrected chi connectivity index (χ2v) is 15.2. The third kappa shape index (κ3) is 6.34. The zero-order valence-electron chi connectivity index (χ0n) is 23.3. The fourth-order valence-corrected chi connectivity index (χ4v) is 8.71. The van der Waals surface area contributed by atoms with Gasteiger partial charge in [-0.25, -0.2) is 26.4 Å². The Morgan fingerprint density at radius 3 is 2.39 bits per heavy atom. The Hall–Kier alpha value is -2.44. The largest absolute Gasteiger partial charge is 0.488 e. The predicted octanol–water partition coefficient (Wildman–Crippen LogP) is 6.49. The number of carboxylic acids is 1. The highest BCUT2D eigenvalue weighted by Gasteiger charge is 2.53. The van der Waals surface area contributed by atoms with Crippen molar-refractivity contribution in [2.75, 3.05) is 25.1 Å². The topological polar surface area (TPSA) is 87.2 Å². The molecule has 224 valence electrons. The van der Waals surface area contributed by atoms with Gasteiger partial charge in [-0.3, -0.25) is 0 Å². The number of hydrogen-bond donors (Lipinski definition) is 1. The van der Waals surface area contributed by atoms with Gasteiger partial charge in [0.1, 0.15) is 17.3 Å². The molecular formula is C29H35F3N2O5S2. The van der Waals surface area contributed by atoms with E-state index in [0.717, 1.165) is 31.0 Å². The lowest BCUT2D eigenvalue weighted by molar-refractivity contribution is -0.151. The number of fused-ring (bicyclic) bond motifs is 1. The molecular weight excluding hydrogens is 577 g/mol. The van der Waals surface area contributed by atoms with E-state index in [1.165, 1.54) is 37.7 Å². The smallest absolute Gasteiger partial charge is 0.344 e. The summed E-state index contributed by atoms with van der Waals surface area (Å²) in [5, 5.41) is 9.54. The van der Waals surface area contributed by atoms with E-state index in [2.05, 4.69) is 0 Å². The summed E-state index contributed by atoms with van der Waals surface area (Å²) in [5.74, 6) is -4.56. The molecule has 0 unspecified atom stereocenters. The first-order valence-corrected chi connectivity index (χ1v) is 16.0. The molecule has 5 rings (SSSR count). The van der Waals surface area contributed by atoms with Gasteiger partial charge in [0.25, 0.3) is 0 Å². The Labute approximate surface area is 243 Å². The summed E-state index contributed by atoms with van der Waals surface area (Å²) in [6.07, 6.45) is 3.87. The predicted molar refractivity (Wildman–Crippen MR) is 152 cm³/mol. The number of ether oxygens (including phenoxy) is 1. The number of carbonyl (C=O) groups is 1. The Bertz CT molecular complexity index is 1400. The number of hydrogen-bond acceptors (Lipinski definition) is 6. The van der Waals surface area contributed by atoms with Crippen molar-refractivity contribution in [3.63, 3.8) is 0 Å². The van der Waals surface area contributed by atoms with E-state index in [1.807, 2.05) is 35.2 Å². The normalized spacial score (nSPS) is 23.3. The summed E-state index contributed by atoms with van der Waals surface area (Å²) in [4.78, 5) is 13.7. The maximum Gasteiger partial charge on any atom is 0.344 e. The van der Waals surface area contributed by atoms with Gasteiger partial charge in [0, 0.05) is 43.1 Å². The highest BCUT2D eigenvalue weighted by Crippen LogP contribution is 2.64. The van der Waals surface area contributed by atoms with Gasteiger partial charge < -0.3 is 14.7 Å². The first-order chi connectivity index (χ1) is 19.1. The van der Waals surface area contributed by atoms with E-state index < -0.39 is 46.7 Å². The molecule has 2 atom stereocenters. The van der Waals surface area contributed by atoms with Crippen LogP contribution in [0.5, 0.6) is 5.75 Å². The summed E-state index contributed by atoms with van der Waals surface area (Å²) in [5.41, 5.74) is -1.22. The molecule has 1 spiro atoms. The van der Waals surface area contributed by atoms with E-state index >= 15 is 0 Å².